The largest absolute Gasteiger partial charge is 0.508 e. The van der Waals surface area contributed by atoms with E-state index in [4.69, 9.17) is 0 Å². The highest BCUT2D eigenvalue weighted by molar-refractivity contribution is 8.00. The molecule has 206 valence electrons. The summed E-state index contributed by atoms with van der Waals surface area (Å²) in [5.74, 6) is -1.22. The number of carbonyl (C=O) groups is 3. The van der Waals surface area contributed by atoms with E-state index in [9.17, 15) is 24.6 Å². The molecule has 4 rings (SSSR count). The lowest BCUT2D eigenvalue weighted by atomic mass is 9.96. The average molecular weight is 568 g/mol. The van der Waals surface area contributed by atoms with Crippen LogP contribution in [0.25, 0.3) is 0 Å². The van der Waals surface area contributed by atoms with Crippen LogP contribution in [0.1, 0.15) is 40.2 Å². The number of hydrogen-bond donors (Lipinski definition) is 4. The quantitative estimate of drug-likeness (QED) is 0.315. The normalized spacial score (nSPS) is 17.8. The minimum Gasteiger partial charge on any atom is -0.508 e. The Labute approximate surface area is 236 Å². The molecule has 3 amide bonds. The van der Waals surface area contributed by atoms with E-state index in [1.807, 2.05) is 61.7 Å². The fraction of sp³-hybridized carbons (Fsp3) is 0.345. The van der Waals surface area contributed by atoms with Gasteiger partial charge >= 0.3 is 0 Å². The highest BCUT2D eigenvalue weighted by Gasteiger charge is 2.49. The number of hydrogen-bond acceptors (Lipinski definition) is 7. The Bertz CT molecular complexity index is 1310. The van der Waals surface area contributed by atoms with Gasteiger partial charge in [0.05, 0.1) is 18.5 Å². The van der Waals surface area contributed by atoms with E-state index in [2.05, 4.69) is 10.6 Å². The van der Waals surface area contributed by atoms with Crippen molar-refractivity contribution in [1.29, 1.82) is 0 Å². The molecule has 1 saturated heterocycles. The maximum atomic E-state index is 13.7. The predicted octanol–water partition coefficient (Wildman–Crippen LogP) is 3.46. The number of aromatic hydroxyl groups is 1. The summed E-state index contributed by atoms with van der Waals surface area (Å²) in [6.07, 6.45) is -1.41. The number of aliphatic hydroxyl groups excluding tert-OH is 1. The molecule has 4 N–H and O–H groups in total. The summed E-state index contributed by atoms with van der Waals surface area (Å²) >= 11 is 3.00. The summed E-state index contributed by atoms with van der Waals surface area (Å²) in [7, 11) is 0. The first kappa shape index (κ1) is 28.7. The van der Waals surface area contributed by atoms with Crippen molar-refractivity contribution in [3.63, 3.8) is 0 Å². The molecule has 1 aromatic heterocycles. The van der Waals surface area contributed by atoms with E-state index in [1.54, 1.807) is 19.1 Å². The number of thioether (sulfide) groups is 1. The maximum absolute atomic E-state index is 13.7. The summed E-state index contributed by atoms with van der Waals surface area (Å²) in [6, 6.07) is 15.9. The van der Waals surface area contributed by atoms with Crippen LogP contribution in [0, 0.1) is 6.92 Å². The Balaban J connectivity index is 1.56. The zero-order valence-corrected chi connectivity index (χ0v) is 23.7. The van der Waals surface area contributed by atoms with Crippen molar-refractivity contribution in [2.45, 2.75) is 56.7 Å². The van der Waals surface area contributed by atoms with E-state index in [0.717, 1.165) is 10.4 Å². The van der Waals surface area contributed by atoms with Gasteiger partial charge in [-0.25, -0.2) is 0 Å². The Morgan fingerprint density at radius 2 is 1.82 bits per heavy atom. The topological polar surface area (TPSA) is 119 Å². The van der Waals surface area contributed by atoms with Gasteiger partial charge in [0.15, 0.2) is 6.10 Å². The van der Waals surface area contributed by atoms with E-state index in [1.165, 1.54) is 34.1 Å². The monoisotopic (exact) mass is 567 g/mol. The second-order valence-corrected chi connectivity index (χ2v) is 12.7. The Morgan fingerprint density at radius 1 is 1.08 bits per heavy atom. The Kier molecular flexibility index (Phi) is 8.99. The molecule has 0 bridgehead atoms. The number of nitrogens with zero attached hydrogens (tertiary/aromatic N) is 1. The van der Waals surface area contributed by atoms with Gasteiger partial charge in [-0.3, -0.25) is 14.4 Å². The smallest absolute Gasteiger partial charge is 0.254 e. The van der Waals surface area contributed by atoms with Crippen molar-refractivity contribution >= 4 is 40.8 Å². The molecule has 1 aliphatic heterocycles. The first-order valence-corrected chi connectivity index (χ1v) is 14.5. The minimum atomic E-state index is -1.60. The number of rotatable bonds is 9. The number of nitrogens with one attached hydrogen (secondary N) is 2. The molecule has 0 saturated carbocycles. The zero-order chi connectivity index (χ0) is 28.2. The Morgan fingerprint density at radius 3 is 2.51 bits per heavy atom. The molecule has 1 fully saturated rings. The second kappa shape index (κ2) is 12.2. The second-order valence-electron chi connectivity index (χ2n) is 10.0. The lowest BCUT2D eigenvalue weighted by Gasteiger charge is -2.33. The first-order valence-electron chi connectivity index (χ1n) is 12.6. The molecule has 3 atom stereocenters. The van der Waals surface area contributed by atoms with Gasteiger partial charge in [0, 0.05) is 20.8 Å². The van der Waals surface area contributed by atoms with Crippen molar-refractivity contribution in [1.82, 2.24) is 15.5 Å². The lowest BCUT2D eigenvalue weighted by molar-refractivity contribution is -0.147. The van der Waals surface area contributed by atoms with Crippen LogP contribution in [0.4, 0.5) is 0 Å². The Hall–Kier alpha value is -3.34. The maximum Gasteiger partial charge on any atom is 0.254 e. The molecule has 3 aromatic rings. The molecule has 2 aromatic carbocycles. The molecule has 1 aliphatic rings. The van der Waals surface area contributed by atoms with Crippen molar-refractivity contribution in [3.8, 4) is 5.75 Å². The van der Waals surface area contributed by atoms with E-state index < -0.39 is 34.7 Å². The van der Waals surface area contributed by atoms with Gasteiger partial charge in [-0.1, -0.05) is 42.5 Å². The minimum absolute atomic E-state index is 0.0217. The standard InChI is InChI=1S/C29H33N3O5S2/c1-18-21(12-7-13-23(18)33)26(35)31-22(15-19-9-5-4-6-10-19)24(34)28(37)32-17-39-29(2,3)25(32)27(36)30-16-20-11-8-14-38-20/h4-14,22,24-25,33-34H,15-17H2,1-3H3,(H,30,36)(H,31,35)/t22-,24-,25+/m0/s1. The molecular weight excluding hydrogens is 534 g/mol. The lowest BCUT2D eigenvalue weighted by Crippen LogP contribution is -2.58. The zero-order valence-electron chi connectivity index (χ0n) is 22.1. The fourth-order valence-corrected chi connectivity index (χ4v) is 6.45. The number of phenolic OH excluding ortho intramolecular Hbond substituents is 1. The van der Waals surface area contributed by atoms with Gasteiger partial charge < -0.3 is 25.7 Å². The third-order valence-electron chi connectivity index (χ3n) is 6.89. The van der Waals surface area contributed by atoms with Crippen LogP contribution in [0.2, 0.25) is 0 Å². The number of amides is 3. The van der Waals surface area contributed by atoms with Crippen LogP contribution >= 0.6 is 23.1 Å². The van der Waals surface area contributed by atoms with Gasteiger partial charge in [0.1, 0.15) is 11.8 Å². The van der Waals surface area contributed by atoms with Crippen LogP contribution in [0.3, 0.4) is 0 Å². The third kappa shape index (κ3) is 6.63. The van der Waals surface area contributed by atoms with Crippen LogP contribution in [0.15, 0.2) is 66.0 Å². The van der Waals surface area contributed by atoms with Crippen molar-refractivity contribution < 1.29 is 24.6 Å². The van der Waals surface area contributed by atoms with Gasteiger partial charge in [-0.2, -0.15) is 0 Å². The number of thiophene rings is 1. The molecule has 2 heterocycles. The van der Waals surface area contributed by atoms with E-state index in [0.29, 0.717) is 12.1 Å². The summed E-state index contributed by atoms with van der Waals surface area (Å²) in [6.45, 7) is 5.79. The van der Waals surface area contributed by atoms with Gasteiger partial charge in [0.25, 0.3) is 11.8 Å². The highest BCUT2D eigenvalue weighted by Crippen LogP contribution is 2.40. The molecule has 0 aliphatic carbocycles. The molecule has 10 heteroatoms. The van der Waals surface area contributed by atoms with Crippen LogP contribution in [-0.2, 0) is 22.6 Å². The summed E-state index contributed by atoms with van der Waals surface area (Å²) in [5.41, 5.74) is 1.47. The van der Waals surface area contributed by atoms with E-state index in [-0.39, 0.29) is 29.5 Å². The first-order chi connectivity index (χ1) is 18.6. The van der Waals surface area contributed by atoms with Crippen molar-refractivity contribution in [2.24, 2.45) is 0 Å². The molecule has 0 spiro atoms. The van der Waals surface area contributed by atoms with Gasteiger partial charge in [-0.15, -0.1) is 23.1 Å². The van der Waals surface area contributed by atoms with Crippen molar-refractivity contribution in [3.05, 3.63) is 87.6 Å². The summed E-state index contributed by atoms with van der Waals surface area (Å²) in [4.78, 5) is 42.7. The summed E-state index contributed by atoms with van der Waals surface area (Å²) in [5, 5.41) is 29.1. The number of benzene rings is 2. The van der Waals surface area contributed by atoms with Crippen LogP contribution < -0.4 is 10.6 Å². The van der Waals surface area contributed by atoms with Gasteiger partial charge in [0.2, 0.25) is 5.91 Å². The molecule has 39 heavy (non-hydrogen) atoms. The molecular formula is C29H33N3O5S2. The summed E-state index contributed by atoms with van der Waals surface area (Å²) < 4.78 is -0.578. The molecule has 0 radical (unpaired) electrons. The van der Waals surface area contributed by atoms with Crippen LogP contribution in [-0.4, -0.2) is 61.6 Å². The number of phenols is 1. The number of aliphatic hydroxyl groups is 1. The molecule has 0 unspecified atom stereocenters. The third-order valence-corrected chi connectivity index (χ3v) is 9.14. The average Bonchev–Trinajstić information content (AvgIpc) is 3.55. The van der Waals surface area contributed by atoms with Gasteiger partial charge in [-0.05, 0) is 56.3 Å². The van der Waals surface area contributed by atoms with Crippen LogP contribution in [0.5, 0.6) is 5.75 Å². The predicted molar refractivity (Wildman–Crippen MR) is 154 cm³/mol. The number of carbonyl (C=O) groups excluding carboxylic acids is 3. The van der Waals surface area contributed by atoms with Crippen molar-refractivity contribution in [2.75, 3.05) is 5.88 Å². The SMILES string of the molecule is Cc1c(O)cccc1C(=O)N[C@@H](Cc1ccccc1)[C@H](O)C(=O)N1CSC(C)(C)[C@H]1C(=O)NCc1cccs1. The highest BCUT2D eigenvalue weighted by atomic mass is 32.2. The van der Waals surface area contributed by atoms with E-state index >= 15 is 0 Å². The fourth-order valence-electron chi connectivity index (χ4n) is 4.66. The molecule has 8 nitrogen and oxygen atoms in total.